The van der Waals surface area contributed by atoms with Crippen molar-refractivity contribution in [3.05, 3.63) is 59.8 Å². The standard InChI is InChI=1S/C27H28ClN7O4S/c1-17-31-21-3-2-20(12-23(21)32-17)39-25-5-4-22-27(26(25)28)33-24(14-29-22)19-13-30-34(16-19)15-18-6-8-35(9-7-18)40(37,38)11-10-36/h2-5,12-14,16,18,36H,6-11,15H2,1H3,(H,31,32). The number of aromatic amines is 1. The minimum atomic E-state index is -3.39. The fourth-order valence-corrected chi connectivity index (χ4v) is 6.52. The first-order valence-electron chi connectivity index (χ1n) is 13.0. The van der Waals surface area contributed by atoms with Crippen molar-refractivity contribution < 1.29 is 18.3 Å². The molecule has 0 radical (unpaired) electrons. The van der Waals surface area contributed by atoms with Gasteiger partial charge < -0.3 is 14.8 Å². The van der Waals surface area contributed by atoms with Gasteiger partial charge in [0, 0.05) is 37.5 Å². The summed E-state index contributed by atoms with van der Waals surface area (Å²) in [7, 11) is -3.39. The maximum Gasteiger partial charge on any atom is 0.216 e. The molecule has 0 aliphatic carbocycles. The van der Waals surface area contributed by atoms with Gasteiger partial charge in [-0.1, -0.05) is 11.6 Å². The van der Waals surface area contributed by atoms with Gasteiger partial charge in [0.15, 0.2) is 0 Å². The summed E-state index contributed by atoms with van der Waals surface area (Å²) in [5.74, 6) is 2.00. The number of sulfonamides is 1. The van der Waals surface area contributed by atoms with Crippen molar-refractivity contribution in [1.82, 2.24) is 34.0 Å². The summed E-state index contributed by atoms with van der Waals surface area (Å²) in [5, 5.41) is 13.9. The molecular formula is C27H28ClN7O4S. The molecule has 208 valence electrons. The summed E-state index contributed by atoms with van der Waals surface area (Å²) >= 11 is 6.74. The number of piperidine rings is 1. The third kappa shape index (κ3) is 5.39. The molecule has 11 nitrogen and oxygen atoms in total. The average Bonchev–Trinajstić information content (AvgIpc) is 3.56. The number of nitrogens with zero attached hydrogens (tertiary/aromatic N) is 6. The monoisotopic (exact) mass is 581 g/mol. The van der Waals surface area contributed by atoms with Crippen molar-refractivity contribution in [1.29, 1.82) is 0 Å². The Bertz CT molecular complexity index is 1800. The third-order valence-electron chi connectivity index (χ3n) is 7.11. The largest absolute Gasteiger partial charge is 0.456 e. The van der Waals surface area contributed by atoms with Crippen LogP contribution < -0.4 is 4.74 Å². The van der Waals surface area contributed by atoms with Gasteiger partial charge in [-0.25, -0.2) is 22.7 Å². The summed E-state index contributed by atoms with van der Waals surface area (Å²) in [5.41, 5.74) is 4.36. The van der Waals surface area contributed by atoms with Gasteiger partial charge in [0.2, 0.25) is 10.0 Å². The van der Waals surface area contributed by atoms with Gasteiger partial charge in [0.1, 0.15) is 27.9 Å². The lowest BCUT2D eigenvalue weighted by atomic mass is 9.98. The van der Waals surface area contributed by atoms with Crippen LogP contribution in [0.25, 0.3) is 33.3 Å². The summed E-state index contributed by atoms with van der Waals surface area (Å²) in [6.07, 6.45) is 6.83. The normalized spacial score (nSPS) is 15.3. The van der Waals surface area contributed by atoms with Crippen molar-refractivity contribution in [2.45, 2.75) is 26.3 Å². The van der Waals surface area contributed by atoms with Crippen molar-refractivity contribution in [3.63, 3.8) is 0 Å². The van der Waals surface area contributed by atoms with E-state index in [1.165, 1.54) is 4.31 Å². The van der Waals surface area contributed by atoms with E-state index in [-0.39, 0.29) is 12.4 Å². The third-order valence-corrected chi connectivity index (χ3v) is 9.32. The van der Waals surface area contributed by atoms with Crippen LogP contribution >= 0.6 is 11.6 Å². The molecule has 0 bridgehead atoms. The Morgan fingerprint density at radius 2 is 1.93 bits per heavy atom. The van der Waals surface area contributed by atoms with E-state index in [0.29, 0.717) is 58.8 Å². The van der Waals surface area contributed by atoms with Crippen LogP contribution in [0.3, 0.4) is 0 Å². The molecule has 5 aromatic rings. The molecule has 1 aliphatic rings. The first kappa shape index (κ1) is 26.6. The minimum absolute atomic E-state index is 0.231. The van der Waals surface area contributed by atoms with Gasteiger partial charge in [0.05, 0.1) is 47.0 Å². The highest BCUT2D eigenvalue weighted by molar-refractivity contribution is 7.89. The van der Waals surface area contributed by atoms with E-state index in [2.05, 4.69) is 20.1 Å². The second-order valence-corrected chi connectivity index (χ2v) is 12.4. The summed E-state index contributed by atoms with van der Waals surface area (Å²) in [6, 6.07) is 9.21. The lowest BCUT2D eigenvalue weighted by Gasteiger charge is -2.31. The molecular weight excluding hydrogens is 554 g/mol. The first-order chi connectivity index (χ1) is 19.3. The van der Waals surface area contributed by atoms with Crippen molar-refractivity contribution in [3.8, 4) is 22.8 Å². The van der Waals surface area contributed by atoms with E-state index in [9.17, 15) is 8.42 Å². The zero-order chi connectivity index (χ0) is 27.9. The summed E-state index contributed by atoms with van der Waals surface area (Å²) in [6.45, 7) is 3.12. The Balaban J connectivity index is 1.17. The second-order valence-electron chi connectivity index (χ2n) is 9.94. The van der Waals surface area contributed by atoms with Crippen molar-refractivity contribution in [2.24, 2.45) is 5.92 Å². The van der Waals surface area contributed by atoms with E-state index >= 15 is 0 Å². The Hall–Kier alpha value is -3.58. The number of hydrogen-bond acceptors (Lipinski definition) is 8. The maximum absolute atomic E-state index is 12.2. The van der Waals surface area contributed by atoms with Crippen molar-refractivity contribution >= 4 is 43.7 Å². The average molecular weight is 582 g/mol. The number of aromatic nitrogens is 6. The number of aliphatic hydroxyl groups is 1. The molecule has 0 unspecified atom stereocenters. The Kier molecular flexibility index (Phi) is 7.17. The van der Waals surface area contributed by atoms with E-state index in [4.69, 9.17) is 26.4 Å². The van der Waals surface area contributed by atoms with E-state index in [0.717, 1.165) is 35.3 Å². The van der Waals surface area contributed by atoms with Crippen LogP contribution in [0.2, 0.25) is 5.02 Å². The highest BCUT2D eigenvalue weighted by Crippen LogP contribution is 2.35. The molecule has 1 aliphatic heterocycles. The number of nitrogens with one attached hydrogen (secondary N) is 1. The predicted octanol–water partition coefficient (Wildman–Crippen LogP) is 4.16. The number of imidazole rings is 1. The van der Waals surface area contributed by atoms with Crippen LogP contribution in [0.15, 0.2) is 48.9 Å². The van der Waals surface area contributed by atoms with Crippen LogP contribution in [-0.2, 0) is 16.6 Å². The van der Waals surface area contributed by atoms with Gasteiger partial charge in [0.25, 0.3) is 0 Å². The smallest absolute Gasteiger partial charge is 0.216 e. The molecule has 0 spiro atoms. The lowest BCUT2D eigenvalue weighted by Crippen LogP contribution is -2.41. The Labute approximate surface area is 235 Å². The van der Waals surface area contributed by atoms with E-state index in [1.807, 2.05) is 42.1 Å². The lowest BCUT2D eigenvalue weighted by molar-refractivity contribution is 0.244. The van der Waals surface area contributed by atoms with Crippen LogP contribution in [0.4, 0.5) is 0 Å². The first-order valence-corrected chi connectivity index (χ1v) is 15.0. The van der Waals surface area contributed by atoms with Gasteiger partial charge in [-0.15, -0.1) is 0 Å². The highest BCUT2D eigenvalue weighted by Gasteiger charge is 2.28. The number of H-pyrrole nitrogens is 1. The molecule has 40 heavy (non-hydrogen) atoms. The van der Waals surface area contributed by atoms with Crippen LogP contribution in [-0.4, -0.2) is 73.0 Å². The number of rotatable bonds is 8. The zero-order valence-electron chi connectivity index (χ0n) is 21.8. The van der Waals surface area contributed by atoms with Crippen LogP contribution in [0.5, 0.6) is 11.5 Å². The van der Waals surface area contributed by atoms with Crippen LogP contribution in [0.1, 0.15) is 18.7 Å². The predicted molar refractivity (Wildman–Crippen MR) is 152 cm³/mol. The fourth-order valence-electron chi connectivity index (χ4n) is 5.03. The molecule has 2 N–H and O–H groups in total. The molecule has 1 fully saturated rings. The molecule has 13 heteroatoms. The number of hydrogen-bond donors (Lipinski definition) is 2. The molecule has 0 saturated carbocycles. The SMILES string of the molecule is Cc1nc2ccc(Oc3ccc4ncc(-c5cnn(CC6CCN(S(=O)(=O)CCO)CC6)c5)nc4c3Cl)cc2[nH]1. The fraction of sp³-hybridized carbons (Fsp3) is 0.333. The Morgan fingerprint density at radius 1 is 1.12 bits per heavy atom. The molecule has 1 saturated heterocycles. The van der Waals surface area contributed by atoms with Gasteiger partial charge in [-0.05, 0) is 49.9 Å². The van der Waals surface area contributed by atoms with Crippen LogP contribution in [0, 0.1) is 12.8 Å². The number of ether oxygens (including phenoxy) is 1. The number of aliphatic hydroxyl groups excluding tert-OH is 1. The number of halogens is 1. The maximum atomic E-state index is 12.2. The van der Waals surface area contributed by atoms with E-state index in [1.54, 1.807) is 18.5 Å². The number of fused-ring (bicyclic) bond motifs is 2. The molecule has 0 atom stereocenters. The topological polar surface area (TPSA) is 139 Å². The minimum Gasteiger partial charge on any atom is -0.456 e. The summed E-state index contributed by atoms with van der Waals surface area (Å²) in [4.78, 5) is 16.9. The molecule has 6 rings (SSSR count). The van der Waals surface area contributed by atoms with Gasteiger partial charge in [-0.2, -0.15) is 5.10 Å². The zero-order valence-corrected chi connectivity index (χ0v) is 23.4. The van der Waals surface area contributed by atoms with Gasteiger partial charge in [-0.3, -0.25) is 9.67 Å². The van der Waals surface area contributed by atoms with E-state index < -0.39 is 10.0 Å². The Morgan fingerprint density at radius 3 is 2.73 bits per heavy atom. The summed E-state index contributed by atoms with van der Waals surface area (Å²) < 4.78 is 33.8. The molecule has 4 heterocycles. The number of aryl methyl sites for hydroxylation is 1. The quantitative estimate of drug-likeness (QED) is 0.278. The molecule has 3 aromatic heterocycles. The number of benzene rings is 2. The van der Waals surface area contributed by atoms with Gasteiger partial charge >= 0.3 is 0 Å². The highest BCUT2D eigenvalue weighted by atomic mass is 35.5. The second kappa shape index (κ2) is 10.8. The van der Waals surface area contributed by atoms with Crippen molar-refractivity contribution in [2.75, 3.05) is 25.4 Å². The molecule has 0 amide bonds. The molecule has 2 aromatic carbocycles.